The van der Waals surface area contributed by atoms with E-state index in [1.807, 2.05) is 6.07 Å². The molecule has 6 nitrogen and oxygen atoms in total. The van der Waals surface area contributed by atoms with Crippen molar-refractivity contribution >= 4 is 18.1 Å². The number of benzene rings is 1. The summed E-state index contributed by atoms with van der Waals surface area (Å²) in [4.78, 5) is 12.9. The summed E-state index contributed by atoms with van der Waals surface area (Å²) >= 11 is 0. The number of nitro groups is 1. The number of rotatable bonds is 4. The lowest BCUT2D eigenvalue weighted by Crippen LogP contribution is -2.48. The minimum Gasteiger partial charge on any atom is -0.490 e. The number of nitrogens with one attached hydrogen (secondary N) is 1. The van der Waals surface area contributed by atoms with E-state index in [1.165, 1.54) is 7.11 Å². The highest BCUT2D eigenvalue weighted by Crippen LogP contribution is 2.28. The molecule has 0 saturated carbocycles. The standard InChI is InChI=1S/C13H19N3O3.ClH/c1-10-8-15(6-5-14-10)9-11-3-4-13(19-2)12(7-11)16(17)18;/h3-4,7,10,14H,5-6,8-9H2,1-2H3;1H. The average Bonchev–Trinajstić information content (AvgIpc) is 2.38. The lowest BCUT2D eigenvalue weighted by molar-refractivity contribution is -0.385. The number of hydrogen-bond donors (Lipinski definition) is 1. The summed E-state index contributed by atoms with van der Waals surface area (Å²) < 4.78 is 5.00. The van der Waals surface area contributed by atoms with Crippen molar-refractivity contribution in [3.05, 3.63) is 33.9 Å². The van der Waals surface area contributed by atoms with Gasteiger partial charge in [0.25, 0.3) is 0 Å². The SMILES string of the molecule is COc1ccc(CN2CCNC(C)C2)cc1[N+](=O)[O-].Cl. The van der Waals surface area contributed by atoms with Gasteiger partial charge in [0.2, 0.25) is 0 Å². The molecule has 1 aromatic rings. The van der Waals surface area contributed by atoms with Crippen molar-refractivity contribution in [2.45, 2.75) is 19.5 Å². The van der Waals surface area contributed by atoms with Crippen molar-refractivity contribution in [2.75, 3.05) is 26.7 Å². The van der Waals surface area contributed by atoms with Crippen LogP contribution in [0.25, 0.3) is 0 Å². The molecule has 1 aliphatic rings. The zero-order valence-electron chi connectivity index (χ0n) is 11.7. The molecule has 0 bridgehead atoms. The van der Waals surface area contributed by atoms with Crippen molar-refractivity contribution in [1.29, 1.82) is 0 Å². The molecule has 7 heteroatoms. The van der Waals surface area contributed by atoms with Crippen LogP contribution in [0.2, 0.25) is 0 Å². The summed E-state index contributed by atoms with van der Waals surface area (Å²) in [6.45, 7) is 5.75. The smallest absolute Gasteiger partial charge is 0.311 e. The highest BCUT2D eigenvalue weighted by Gasteiger charge is 2.19. The second kappa shape index (κ2) is 7.42. The van der Waals surface area contributed by atoms with E-state index in [-0.39, 0.29) is 18.1 Å². The molecule has 1 N–H and O–H groups in total. The molecule has 0 spiro atoms. The molecular weight excluding hydrogens is 282 g/mol. The minimum atomic E-state index is -0.400. The molecule has 0 aliphatic carbocycles. The second-order valence-corrected chi connectivity index (χ2v) is 4.85. The van der Waals surface area contributed by atoms with Gasteiger partial charge in [0, 0.05) is 38.3 Å². The number of ether oxygens (including phenoxy) is 1. The van der Waals surface area contributed by atoms with Crippen LogP contribution in [0.15, 0.2) is 18.2 Å². The van der Waals surface area contributed by atoms with Gasteiger partial charge < -0.3 is 10.1 Å². The summed E-state index contributed by atoms with van der Waals surface area (Å²) in [6.07, 6.45) is 0. The highest BCUT2D eigenvalue weighted by molar-refractivity contribution is 5.85. The Morgan fingerprint density at radius 2 is 2.30 bits per heavy atom. The van der Waals surface area contributed by atoms with Crippen LogP contribution in [0.3, 0.4) is 0 Å². The van der Waals surface area contributed by atoms with Gasteiger partial charge in [0.05, 0.1) is 12.0 Å². The first-order chi connectivity index (χ1) is 9.10. The maximum Gasteiger partial charge on any atom is 0.311 e. The number of nitro benzene ring substituents is 1. The van der Waals surface area contributed by atoms with Gasteiger partial charge in [0.1, 0.15) is 0 Å². The van der Waals surface area contributed by atoms with Crippen LogP contribution in [0.5, 0.6) is 5.75 Å². The first-order valence-corrected chi connectivity index (χ1v) is 6.37. The van der Waals surface area contributed by atoms with Gasteiger partial charge >= 0.3 is 5.69 Å². The van der Waals surface area contributed by atoms with Crippen molar-refractivity contribution in [3.8, 4) is 5.75 Å². The van der Waals surface area contributed by atoms with Gasteiger partial charge in [-0.2, -0.15) is 0 Å². The summed E-state index contributed by atoms with van der Waals surface area (Å²) in [7, 11) is 1.44. The maximum atomic E-state index is 11.0. The lowest BCUT2D eigenvalue weighted by atomic mass is 10.1. The van der Waals surface area contributed by atoms with Crippen LogP contribution < -0.4 is 10.1 Å². The molecule has 1 heterocycles. The van der Waals surface area contributed by atoms with Crippen LogP contribution in [-0.4, -0.2) is 42.6 Å². The summed E-state index contributed by atoms with van der Waals surface area (Å²) in [6, 6.07) is 5.62. The minimum absolute atomic E-state index is 0. The molecule has 1 atom stereocenters. The molecule has 1 aliphatic heterocycles. The largest absolute Gasteiger partial charge is 0.490 e. The van der Waals surface area contributed by atoms with Crippen LogP contribution >= 0.6 is 12.4 Å². The molecule has 0 amide bonds. The van der Waals surface area contributed by atoms with Crippen molar-refractivity contribution in [2.24, 2.45) is 0 Å². The van der Waals surface area contributed by atoms with E-state index >= 15 is 0 Å². The summed E-state index contributed by atoms with van der Waals surface area (Å²) in [5, 5.41) is 14.4. The molecule has 1 fully saturated rings. The Morgan fingerprint density at radius 3 is 2.90 bits per heavy atom. The van der Waals surface area contributed by atoms with Gasteiger partial charge in [-0.25, -0.2) is 0 Å². The summed E-state index contributed by atoms with van der Waals surface area (Å²) in [5.74, 6) is 0.308. The molecule has 112 valence electrons. The molecule has 0 aromatic heterocycles. The molecule has 2 rings (SSSR count). The normalized spacial score (nSPS) is 19.2. The third kappa shape index (κ3) is 4.06. The quantitative estimate of drug-likeness (QED) is 0.679. The molecule has 0 radical (unpaired) electrons. The van der Waals surface area contributed by atoms with Crippen LogP contribution in [0.4, 0.5) is 5.69 Å². The van der Waals surface area contributed by atoms with E-state index in [0.717, 1.165) is 31.7 Å². The van der Waals surface area contributed by atoms with E-state index in [2.05, 4.69) is 17.1 Å². The van der Waals surface area contributed by atoms with E-state index in [0.29, 0.717) is 11.8 Å². The van der Waals surface area contributed by atoms with E-state index < -0.39 is 4.92 Å². The number of nitrogens with zero attached hydrogens (tertiary/aromatic N) is 2. The fourth-order valence-corrected chi connectivity index (χ4v) is 2.39. The zero-order valence-corrected chi connectivity index (χ0v) is 12.5. The highest BCUT2D eigenvalue weighted by atomic mass is 35.5. The third-order valence-corrected chi connectivity index (χ3v) is 3.30. The first kappa shape index (κ1) is 16.7. The Kier molecular flexibility index (Phi) is 6.19. The molecule has 1 saturated heterocycles. The van der Waals surface area contributed by atoms with Crippen LogP contribution in [0.1, 0.15) is 12.5 Å². The van der Waals surface area contributed by atoms with Gasteiger partial charge in [-0.3, -0.25) is 15.0 Å². The topological polar surface area (TPSA) is 67.6 Å². The number of hydrogen-bond acceptors (Lipinski definition) is 5. The Labute approximate surface area is 124 Å². The van der Waals surface area contributed by atoms with E-state index in [1.54, 1.807) is 12.1 Å². The fourth-order valence-electron chi connectivity index (χ4n) is 2.39. The van der Waals surface area contributed by atoms with Crippen molar-refractivity contribution < 1.29 is 9.66 Å². The van der Waals surface area contributed by atoms with E-state index in [9.17, 15) is 10.1 Å². The Morgan fingerprint density at radius 1 is 1.55 bits per heavy atom. The Hall–Kier alpha value is -1.37. The fraction of sp³-hybridized carbons (Fsp3) is 0.538. The lowest BCUT2D eigenvalue weighted by Gasteiger charge is -2.31. The average molecular weight is 302 g/mol. The van der Waals surface area contributed by atoms with Gasteiger partial charge in [-0.15, -0.1) is 12.4 Å². The predicted molar refractivity (Wildman–Crippen MR) is 79.6 cm³/mol. The Balaban J connectivity index is 0.00000200. The number of halogens is 1. The molecular formula is C13H20ClN3O3. The van der Waals surface area contributed by atoms with Gasteiger partial charge in [-0.1, -0.05) is 6.07 Å². The van der Waals surface area contributed by atoms with E-state index in [4.69, 9.17) is 4.74 Å². The third-order valence-electron chi connectivity index (χ3n) is 3.30. The Bertz CT molecular complexity index is 470. The van der Waals surface area contributed by atoms with Crippen LogP contribution in [0, 0.1) is 10.1 Å². The molecule has 20 heavy (non-hydrogen) atoms. The molecule has 1 aromatic carbocycles. The number of methoxy groups -OCH3 is 1. The van der Waals surface area contributed by atoms with Crippen LogP contribution in [-0.2, 0) is 6.54 Å². The maximum absolute atomic E-state index is 11.0. The predicted octanol–water partition coefficient (Wildman–Crippen LogP) is 1.82. The van der Waals surface area contributed by atoms with Crippen molar-refractivity contribution in [1.82, 2.24) is 10.2 Å². The van der Waals surface area contributed by atoms with Crippen molar-refractivity contribution in [3.63, 3.8) is 0 Å². The second-order valence-electron chi connectivity index (χ2n) is 4.85. The summed E-state index contributed by atoms with van der Waals surface area (Å²) in [5.41, 5.74) is 0.977. The monoisotopic (exact) mass is 301 g/mol. The van der Waals surface area contributed by atoms with Gasteiger partial charge in [0.15, 0.2) is 5.75 Å². The first-order valence-electron chi connectivity index (χ1n) is 6.37. The molecule has 1 unspecified atom stereocenters. The zero-order chi connectivity index (χ0) is 13.8. The number of piperazine rings is 1. The van der Waals surface area contributed by atoms with Gasteiger partial charge in [-0.05, 0) is 18.6 Å².